The molecular weight excluding hydrogens is 400 g/mol. The maximum absolute atomic E-state index is 12.8. The van der Waals surface area contributed by atoms with Gasteiger partial charge in [-0.1, -0.05) is 45.8 Å². The van der Waals surface area contributed by atoms with Crippen molar-refractivity contribution >= 4 is 26.0 Å². The smallest absolute Gasteiger partial charge is 0.243 e. The molecule has 0 amide bonds. The zero-order valence-corrected chi connectivity index (χ0v) is 16.9. The maximum Gasteiger partial charge on any atom is 0.243 e. The number of piperazine rings is 1. The lowest BCUT2D eigenvalue weighted by molar-refractivity contribution is 0.146. The van der Waals surface area contributed by atoms with Crippen LogP contribution in [-0.2, 0) is 10.0 Å². The van der Waals surface area contributed by atoms with Crippen molar-refractivity contribution in [2.45, 2.75) is 24.8 Å². The Morgan fingerprint density at radius 2 is 1.48 bits per heavy atom. The summed E-state index contributed by atoms with van der Waals surface area (Å²) in [4.78, 5) is 2.72. The summed E-state index contributed by atoms with van der Waals surface area (Å²) in [6.45, 7) is 6.66. The van der Waals surface area contributed by atoms with Gasteiger partial charge in [0, 0.05) is 36.7 Å². The topological polar surface area (TPSA) is 40.6 Å². The summed E-state index contributed by atoms with van der Waals surface area (Å²) in [7, 11) is -3.40. The Hall–Kier alpha value is -1.21. The third kappa shape index (κ3) is 4.14. The summed E-state index contributed by atoms with van der Waals surface area (Å²) in [5.74, 6) is 0. The molecule has 1 aliphatic rings. The first-order valence-corrected chi connectivity index (χ1v) is 10.7. The number of nitrogens with zero attached hydrogens (tertiary/aromatic N) is 2. The van der Waals surface area contributed by atoms with Crippen LogP contribution >= 0.6 is 15.9 Å². The minimum absolute atomic E-state index is 0.275. The molecule has 4 nitrogen and oxygen atoms in total. The van der Waals surface area contributed by atoms with Crippen LogP contribution in [0.25, 0.3) is 0 Å². The quantitative estimate of drug-likeness (QED) is 0.751. The minimum Gasteiger partial charge on any atom is -0.294 e. The molecular formula is C19H23BrN2O2S. The first kappa shape index (κ1) is 18.6. The van der Waals surface area contributed by atoms with E-state index in [1.807, 2.05) is 31.2 Å². The number of aryl methyl sites for hydroxylation is 1. The lowest BCUT2D eigenvalue weighted by atomic mass is 10.1. The second-order valence-corrected chi connectivity index (χ2v) is 9.33. The molecule has 0 N–H and O–H groups in total. The van der Waals surface area contributed by atoms with Gasteiger partial charge in [-0.25, -0.2) is 8.42 Å². The zero-order valence-electron chi connectivity index (χ0n) is 14.5. The minimum atomic E-state index is -3.40. The normalized spacial score (nSPS) is 18.2. The van der Waals surface area contributed by atoms with E-state index in [2.05, 4.69) is 39.9 Å². The van der Waals surface area contributed by atoms with E-state index in [1.165, 1.54) is 5.56 Å². The average Bonchev–Trinajstić information content (AvgIpc) is 2.62. The lowest BCUT2D eigenvalue weighted by Gasteiger charge is -2.37. The fourth-order valence-corrected chi connectivity index (χ4v) is 4.83. The Bertz CT molecular complexity index is 812. The number of rotatable bonds is 4. The predicted octanol–water partition coefficient (Wildman–Crippen LogP) is 3.83. The molecule has 0 saturated carbocycles. The van der Waals surface area contributed by atoms with Crippen molar-refractivity contribution in [2.75, 3.05) is 26.2 Å². The van der Waals surface area contributed by atoms with Crippen molar-refractivity contribution in [3.05, 3.63) is 64.1 Å². The predicted molar refractivity (Wildman–Crippen MR) is 104 cm³/mol. The van der Waals surface area contributed by atoms with Crippen LogP contribution in [0.5, 0.6) is 0 Å². The van der Waals surface area contributed by atoms with E-state index in [0.29, 0.717) is 18.0 Å². The molecule has 2 aromatic carbocycles. The molecule has 0 aromatic heterocycles. The van der Waals surface area contributed by atoms with Gasteiger partial charge in [0.05, 0.1) is 4.90 Å². The van der Waals surface area contributed by atoms with Gasteiger partial charge in [-0.2, -0.15) is 4.31 Å². The van der Waals surface area contributed by atoms with Crippen LogP contribution in [0.3, 0.4) is 0 Å². The third-order valence-electron chi connectivity index (χ3n) is 4.83. The van der Waals surface area contributed by atoms with Crippen molar-refractivity contribution in [2.24, 2.45) is 0 Å². The van der Waals surface area contributed by atoms with Crippen molar-refractivity contribution in [3.63, 3.8) is 0 Å². The third-order valence-corrected chi connectivity index (χ3v) is 7.27. The summed E-state index contributed by atoms with van der Waals surface area (Å²) in [6, 6.07) is 15.7. The van der Waals surface area contributed by atoms with Crippen LogP contribution in [0.2, 0.25) is 0 Å². The molecule has 1 fully saturated rings. The van der Waals surface area contributed by atoms with E-state index in [-0.39, 0.29) is 6.04 Å². The van der Waals surface area contributed by atoms with Gasteiger partial charge in [0.25, 0.3) is 0 Å². The van der Waals surface area contributed by atoms with Crippen LogP contribution in [0.1, 0.15) is 24.1 Å². The molecule has 0 unspecified atom stereocenters. The van der Waals surface area contributed by atoms with E-state index in [1.54, 1.807) is 16.4 Å². The molecule has 1 saturated heterocycles. The molecule has 0 radical (unpaired) electrons. The average molecular weight is 423 g/mol. The van der Waals surface area contributed by atoms with E-state index >= 15 is 0 Å². The Labute approximate surface area is 158 Å². The van der Waals surface area contributed by atoms with Crippen molar-refractivity contribution in [3.8, 4) is 0 Å². The van der Waals surface area contributed by atoms with Gasteiger partial charge in [0.15, 0.2) is 0 Å². The molecule has 1 heterocycles. The summed E-state index contributed by atoms with van der Waals surface area (Å²) < 4.78 is 28.2. The molecule has 6 heteroatoms. The molecule has 0 bridgehead atoms. The second kappa shape index (κ2) is 7.58. The Kier molecular flexibility index (Phi) is 5.63. The van der Waals surface area contributed by atoms with Gasteiger partial charge in [-0.15, -0.1) is 0 Å². The molecule has 2 aromatic rings. The first-order chi connectivity index (χ1) is 11.9. The molecule has 1 atom stereocenters. The molecule has 1 aliphatic heterocycles. The first-order valence-electron chi connectivity index (χ1n) is 8.44. The summed E-state index contributed by atoms with van der Waals surface area (Å²) in [5, 5.41) is 0. The SMILES string of the molecule is Cc1ccc(S(=O)(=O)N2CCN([C@H](C)c3ccc(Br)cc3)CC2)cc1. The fourth-order valence-electron chi connectivity index (χ4n) is 3.14. The highest BCUT2D eigenvalue weighted by Crippen LogP contribution is 2.25. The van der Waals surface area contributed by atoms with Crippen LogP contribution in [0.4, 0.5) is 0 Å². The van der Waals surface area contributed by atoms with Gasteiger partial charge in [0.1, 0.15) is 0 Å². The molecule has 0 aliphatic carbocycles. The maximum atomic E-state index is 12.8. The van der Waals surface area contributed by atoms with Crippen molar-refractivity contribution < 1.29 is 8.42 Å². The van der Waals surface area contributed by atoms with Crippen LogP contribution in [0, 0.1) is 6.92 Å². The summed E-state index contributed by atoms with van der Waals surface area (Å²) in [5.41, 5.74) is 2.31. The van der Waals surface area contributed by atoms with Crippen LogP contribution in [0.15, 0.2) is 57.9 Å². The number of halogens is 1. The van der Waals surface area contributed by atoms with E-state index in [4.69, 9.17) is 0 Å². The highest BCUT2D eigenvalue weighted by Gasteiger charge is 2.30. The molecule has 25 heavy (non-hydrogen) atoms. The van der Waals surface area contributed by atoms with E-state index in [0.717, 1.165) is 23.1 Å². The Morgan fingerprint density at radius 1 is 0.920 bits per heavy atom. The lowest BCUT2D eigenvalue weighted by Crippen LogP contribution is -2.49. The number of hydrogen-bond acceptors (Lipinski definition) is 3. The number of benzene rings is 2. The monoisotopic (exact) mass is 422 g/mol. The van der Waals surface area contributed by atoms with Crippen molar-refractivity contribution in [1.29, 1.82) is 0 Å². The molecule has 134 valence electrons. The van der Waals surface area contributed by atoms with Crippen LogP contribution in [-0.4, -0.2) is 43.8 Å². The van der Waals surface area contributed by atoms with Gasteiger partial charge < -0.3 is 0 Å². The highest BCUT2D eigenvalue weighted by molar-refractivity contribution is 9.10. The molecule has 3 rings (SSSR count). The summed E-state index contributed by atoms with van der Waals surface area (Å²) in [6.07, 6.45) is 0. The Morgan fingerprint density at radius 3 is 2.04 bits per heavy atom. The number of sulfonamides is 1. The highest BCUT2D eigenvalue weighted by atomic mass is 79.9. The van der Waals surface area contributed by atoms with Gasteiger partial charge >= 0.3 is 0 Å². The Balaban J connectivity index is 1.67. The fraction of sp³-hybridized carbons (Fsp3) is 0.368. The van der Waals surface area contributed by atoms with Gasteiger partial charge in [-0.05, 0) is 43.7 Å². The standard InChI is InChI=1S/C19H23BrN2O2S/c1-15-3-9-19(10-4-15)25(23,24)22-13-11-21(12-14-22)16(2)17-5-7-18(20)8-6-17/h3-10,16H,11-14H2,1-2H3/t16-/m1/s1. The summed E-state index contributed by atoms with van der Waals surface area (Å²) >= 11 is 3.46. The number of hydrogen-bond donors (Lipinski definition) is 0. The van der Waals surface area contributed by atoms with Crippen molar-refractivity contribution in [1.82, 2.24) is 9.21 Å². The largest absolute Gasteiger partial charge is 0.294 e. The zero-order chi connectivity index (χ0) is 18.0. The van der Waals surface area contributed by atoms with Crippen LogP contribution < -0.4 is 0 Å². The van der Waals surface area contributed by atoms with Gasteiger partial charge in [-0.3, -0.25) is 4.90 Å². The van der Waals surface area contributed by atoms with Gasteiger partial charge in [0.2, 0.25) is 10.0 Å². The van der Waals surface area contributed by atoms with E-state index in [9.17, 15) is 8.42 Å². The molecule has 0 spiro atoms. The van der Waals surface area contributed by atoms with E-state index < -0.39 is 10.0 Å². The second-order valence-electron chi connectivity index (χ2n) is 6.48.